The fourth-order valence-electron chi connectivity index (χ4n) is 1.89. The van der Waals surface area contributed by atoms with Gasteiger partial charge >= 0.3 is 0 Å². The van der Waals surface area contributed by atoms with Gasteiger partial charge in [-0.1, -0.05) is 40.3 Å². The van der Waals surface area contributed by atoms with E-state index in [1.807, 2.05) is 54.9 Å². The summed E-state index contributed by atoms with van der Waals surface area (Å²) in [7, 11) is 0. The summed E-state index contributed by atoms with van der Waals surface area (Å²) < 4.78 is 2.74. The molecule has 0 fully saturated rings. The maximum Gasteiger partial charge on any atom is 0.287 e. The Labute approximate surface area is 143 Å². The topological polar surface area (TPSA) is 36.1 Å². The molecule has 0 aliphatic carbocycles. The quantitative estimate of drug-likeness (QED) is 0.275. The molecule has 0 bridgehead atoms. The summed E-state index contributed by atoms with van der Waals surface area (Å²) in [5.41, 5.74) is 1.22. The predicted molar refractivity (Wildman–Crippen MR) is 97.3 cm³/mol. The molecule has 22 heavy (non-hydrogen) atoms. The average Bonchev–Trinajstić information content (AvgIpc) is 2.54. The Kier molecular flexibility index (Phi) is 5.86. The zero-order valence-electron chi connectivity index (χ0n) is 11.9. The summed E-state index contributed by atoms with van der Waals surface area (Å²) in [4.78, 5) is 0.455. The first-order chi connectivity index (χ1) is 10.6. The molecule has 0 radical (unpaired) electrons. The first kappa shape index (κ1) is 16.4. The third kappa shape index (κ3) is 4.02. The molecule has 3 nitrogen and oxygen atoms in total. The molecule has 1 heterocycles. The van der Waals surface area contributed by atoms with Crippen molar-refractivity contribution >= 4 is 44.6 Å². The van der Waals surface area contributed by atoms with Crippen LogP contribution in [0.5, 0.6) is 0 Å². The number of nitrogens with zero attached hydrogens (tertiary/aromatic N) is 1. The molecule has 5 heteroatoms. The minimum atomic E-state index is 0.116. The largest absolute Gasteiger partial charge is 0.502 e. The number of nitrogens with one attached hydrogen (secondary N) is 1. The van der Waals surface area contributed by atoms with Crippen LogP contribution < -0.4 is 9.88 Å². The first-order valence-corrected chi connectivity index (χ1v) is 7.88. The Hall–Kier alpha value is -1.98. The van der Waals surface area contributed by atoms with Crippen LogP contribution in [0.15, 0.2) is 72.0 Å². The van der Waals surface area contributed by atoms with Gasteiger partial charge in [-0.05, 0) is 24.3 Å². The standard InChI is InChI=1S/C17H15BrN2OS/c1-2-10-19-17(22)15(20-11-4-3-5-12-20)16(21)13-6-8-14(18)9-7-13/h2-9,11-12H,1,10H2,(H-,19,21,22)/p+1. The number of pyridine rings is 1. The van der Waals surface area contributed by atoms with Crippen molar-refractivity contribution in [2.45, 2.75) is 0 Å². The molecular weight excluding hydrogens is 360 g/mol. The SMILES string of the molecule is C=CCNC(=S)/C(=C(/O)c1ccc(Br)cc1)[n+]1ccccc1. The van der Waals surface area contributed by atoms with Gasteiger partial charge in [0, 0.05) is 28.7 Å². The van der Waals surface area contributed by atoms with E-state index in [4.69, 9.17) is 12.2 Å². The monoisotopic (exact) mass is 375 g/mol. The minimum Gasteiger partial charge on any atom is -0.502 e. The van der Waals surface area contributed by atoms with Gasteiger partial charge in [-0.15, -0.1) is 6.58 Å². The van der Waals surface area contributed by atoms with Crippen molar-refractivity contribution in [3.63, 3.8) is 0 Å². The van der Waals surface area contributed by atoms with Crippen molar-refractivity contribution in [3.05, 3.63) is 77.5 Å². The van der Waals surface area contributed by atoms with E-state index >= 15 is 0 Å². The van der Waals surface area contributed by atoms with Gasteiger partial charge in [-0.3, -0.25) is 0 Å². The van der Waals surface area contributed by atoms with Crippen LogP contribution in [-0.2, 0) is 0 Å². The van der Waals surface area contributed by atoms with Crippen molar-refractivity contribution in [2.24, 2.45) is 0 Å². The molecule has 1 aromatic carbocycles. The number of aliphatic hydroxyl groups is 1. The molecule has 0 spiro atoms. The van der Waals surface area contributed by atoms with Gasteiger partial charge in [-0.2, -0.15) is 4.57 Å². The van der Waals surface area contributed by atoms with Crippen molar-refractivity contribution in [3.8, 4) is 0 Å². The van der Waals surface area contributed by atoms with Crippen LogP contribution in [0.4, 0.5) is 0 Å². The molecule has 0 amide bonds. The minimum absolute atomic E-state index is 0.116. The number of hydrogen-bond acceptors (Lipinski definition) is 2. The second-order valence-electron chi connectivity index (χ2n) is 4.49. The van der Waals surface area contributed by atoms with Crippen LogP contribution in [0.2, 0.25) is 0 Å². The van der Waals surface area contributed by atoms with Crippen molar-refractivity contribution in [2.75, 3.05) is 6.54 Å². The molecule has 0 saturated heterocycles. The smallest absolute Gasteiger partial charge is 0.287 e. The highest BCUT2D eigenvalue weighted by molar-refractivity contribution is 9.10. The molecule has 2 aromatic rings. The second-order valence-corrected chi connectivity index (χ2v) is 5.81. The molecule has 0 atom stereocenters. The van der Waals surface area contributed by atoms with Crippen molar-refractivity contribution in [1.29, 1.82) is 0 Å². The molecule has 112 valence electrons. The van der Waals surface area contributed by atoms with Gasteiger partial charge in [0.1, 0.15) is 0 Å². The van der Waals surface area contributed by atoms with Crippen LogP contribution in [0.1, 0.15) is 5.56 Å². The third-order valence-corrected chi connectivity index (χ3v) is 3.80. The Balaban J connectivity index is 2.51. The van der Waals surface area contributed by atoms with Gasteiger partial charge in [-0.25, -0.2) is 0 Å². The van der Waals surface area contributed by atoms with E-state index in [1.54, 1.807) is 10.6 Å². The van der Waals surface area contributed by atoms with Crippen molar-refractivity contribution in [1.82, 2.24) is 5.32 Å². The van der Waals surface area contributed by atoms with E-state index in [1.165, 1.54) is 0 Å². The van der Waals surface area contributed by atoms with Crippen molar-refractivity contribution < 1.29 is 9.67 Å². The molecule has 1 aromatic heterocycles. The van der Waals surface area contributed by atoms with Gasteiger partial charge in [0.15, 0.2) is 23.1 Å². The molecular formula is C17H16BrN2OS+. The summed E-state index contributed by atoms with van der Waals surface area (Å²) in [6.45, 7) is 4.20. The number of aromatic nitrogens is 1. The fourth-order valence-corrected chi connectivity index (χ4v) is 2.44. The number of hydrogen-bond donors (Lipinski definition) is 2. The lowest BCUT2D eigenvalue weighted by Gasteiger charge is -2.08. The van der Waals surface area contributed by atoms with Gasteiger partial charge in [0.2, 0.25) is 0 Å². The average molecular weight is 376 g/mol. The van der Waals surface area contributed by atoms with E-state index in [-0.39, 0.29) is 5.76 Å². The summed E-state index contributed by atoms with van der Waals surface area (Å²) in [6, 6.07) is 13.1. The van der Waals surface area contributed by atoms with Gasteiger partial charge in [0.05, 0.1) is 0 Å². The van der Waals surface area contributed by atoms with E-state index in [0.717, 1.165) is 4.47 Å². The molecule has 2 rings (SSSR count). The summed E-state index contributed by atoms with van der Waals surface area (Å²) in [5, 5.41) is 13.7. The van der Waals surface area contributed by atoms with E-state index < -0.39 is 0 Å². The van der Waals surface area contributed by atoms with Gasteiger partial charge in [0.25, 0.3) is 5.70 Å². The number of thiocarbonyl (C=S) groups is 1. The molecule has 0 aliphatic rings. The number of benzene rings is 1. The van der Waals surface area contributed by atoms with Crippen LogP contribution in [0.3, 0.4) is 0 Å². The van der Waals surface area contributed by atoms with Crippen LogP contribution in [0, 0.1) is 0 Å². The Bertz CT molecular complexity index is 696. The van der Waals surface area contributed by atoms with Gasteiger partial charge < -0.3 is 10.4 Å². The highest BCUT2D eigenvalue weighted by Gasteiger charge is 2.22. The highest BCUT2D eigenvalue weighted by atomic mass is 79.9. The molecule has 0 aliphatic heterocycles. The van der Waals surface area contributed by atoms with E-state index in [9.17, 15) is 5.11 Å². The zero-order valence-corrected chi connectivity index (χ0v) is 14.3. The lowest BCUT2D eigenvalue weighted by molar-refractivity contribution is -0.576. The Morgan fingerprint density at radius 2 is 1.86 bits per heavy atom. The molecule has 0 saturated carbocycles. The number of aliphatic hydroxyl groups excluding tert-OH is 1. The van der Waals surface area contributed by atoms with Crippen LogP contribution in [0.25, 0.3) is 11.5 Å². The maximum absolute atomic E-state index is 10.7. The van der Waals surface area contributed by atoms with E-state index in [0.29, 0.717) is 22.8 Å². The summed E-state index contributed by atoms with van der Waals surface area (Å²) in [5.74, 6) is 0.116. The third-order valence-electron chi connectivity index (χ3n) is 2.94. The second kappa shape index (κ2) is 7.87. The Morgan fingerprint density at radius 3 is 2.45 bits per heavy atom. The van der Waals surface area contributed by atoms with E-state index in [2.05, 4.69) is 27.8 Å². The maximum atomic E-state index is 10.7. The molecule has 0 unspecified atom stereocenters. The first-order valence-electron chi connectivity index (χ1n) is 6.68. The lowest BCUT2D eigenvalue weighted by Crippen LogP contribution is -2.40. The lowest BCUT2D eigenvalue weighted by atomic mass is 10.1. The summed E-state index contributed by atoms with van der Waals surface area (Å²) >= 11 is 8.81. The zero-order chi connectivity index (χ0) is 15.9. The molecule has 2 N–H and O–H groups in total. The van der Waals surface area contributed by atoms with Crippen LogP contribution >= 0.6 is 28.1 Å². The van der Waals surface area contributed by atoms with Crippen LogP contribution in [-0.4, -0.2) is 16.6 Å². The fraction of sp³-hybridized carbons (Fsp3) is 0.0588. The Morgan fingerprint density at radius 1 is 1.23 bits per heavy atom. The predicted octanol–water partition coefficient (Wildman–Crippen LogP) is 3.72. The summed E-state index contributed by atoms with van der Waals surface area (Å²) in [6.07, 6.45) is 5.40. The highest BCUT2D eigenvalue weighted by Crippen LogP contribution is 2.19. The number of rotatable bonds is 5. The normalized spacial score (nSPS) is 11.5. The number of halogens is 1.